The molecule has 0 saturated heterocycles. The van der Waals surface area contributed by atoms with Crippen molar-refractivity contribution in [1.29, 1.82) is 0 Å². The average Bonchev–Trinajstić information content (AvgIpc) is 2.86. The molecule has 2 nitrogen and oxygen atoms in total. The Morgan fingerprint density at radius 1 is 1.00 bits per heavy atom. The van der Waals surface area contributed by atoms with E-state index in [1.807, 2.05) is 30.3 Å². The van der Waals surface area contributed by atoms with Crippen LogP contribution in [0, 0.1) is 0 Å². The monoisotopic (exact) mass is 281 g/mol. The van der Waals surface area contributed by atoms with Crippen LogP contribution >= 0.6 is 0 Å². The second-order valence-electron chi connectivity index (χ2n) is 6.80. The number of nitrogens with zero attached hydrogens (tertiary/aromatic N) is 1. The van der Waals surface area contributed by atoms with E-state index in [4.69, 9.17) is 0 Å². The van der Waals surface area contributed by atoms with Crippen LogP contribution in [0.5, 0.6) is 0 Å². The molecule has 0 radical (unpaired) electrons. The molecule has 2 atom stereocenters. The number of anilines is 1. The fourth-order valence-corrected chi connectivity index (χ4v) is 3.40. The third kappa shape index (κ3) is 2.56. The summed E-state index contributed by atoms with van der Waals surface area (Å²) in [5.74, 6) is 0. The fourth-order valence-electron chi connectivity index (χ4n) is 3.40. The van der Waals surface area contributed by atoms with Gasteiger partial charge in [-0.3, -0.25) is 0 Å². The van der Waals surface area contributed by atoms with Crippen LogP contribution < -0.4 is 4.90 Å². The topological polar surface area (TPSA) is 23.5 Å². The fraction of sp³-hybridized carbons (Fsp3) is 0.368. The number of rotatable bonds is 2. The van der Waals surface area contributed by atoms with Gasteiger partial charge in [-0.15, -0.1) is 0 Å². The number of benzene rings is 2. The summed E-state index contributed by atoms with van der Waals surface area (Å²) in [6, 6.07) is 18.6. The maximum absolute atomic E-state index is 10.9. The van der Waals surface area contributed by atoms with Crippen LogP contribution in [0.25, 0.3) is 0 Å². The van der Waals surface area contributed by atoms with Crippen molar-refractivity contribution < 1.29 is 5.11 Å². The van der Waals surface area contributed by atoms with Crippen LogP contribution in [0.1, 0.15) is 38.0 Å². The summed E-state index contributed by atoms with van der Waals surface area (Å²) in [7, 11) is 0. The Morgan fingerprint density at radius 2 is 1.62 bits per heavy atom. The summed E-state index contributed by atoms with van der Waals surface area (Å²) in [5, 5.41) is 10.9. The van der Waals surface area contributed by atoms with Crippen molar-refractivity contribution in [3.8, 4) is 0 Å². The molecule has 2 unspecified atom stereocenters. The smallest absolute Gasteiger partial charge is 0.0996 e. The molecule has 2 aromatic carbocycles. The lowest BCUT2D eigenvalue weighted by Gasteiger charge is -2.41. The molecule has 21 heavy (non-hydrogen) atoms. The Labute approximate surface area is 127 Å². The van der Waals surface area contributed by atoms with Crippen LogP contribution in [-0.4, -0.2) is 16.7 Å². The highest BCUT2D eigenvalue weighted by atomic mass is 16.3. The quantitative estimate of drug-likeness (QED) is 0.901. The molecular formula is C19H23NO. The summed E-state index contributed by atoms with van der Waals surface area (Å²) >= 11 is 0. The lowest BCUT2D eigenvalue weighted by atomic mass is 9.96. The summed E-state index contributed by atoms with van der Waals surface area (Å²) in [6.07, 6.45) is 0.418. The molecule has 0 bridgehead atoms. The minimum atomic E-state index is -0.474. The van der Waals surface area contributed by atoms with Crippen molar-refractivity contribution in [2.45, 2.75) is 44.9 Å². The Hall–Kier alpha value is -1.80. The Balaban J connectivity index is 2.00. The van der Waals surface area contributed by atoms with Crippen molar-refractivity contribution in [2.24, 2.45) is 0 Å². The van der Waals surface area contributed by atoms with E-state index in [0.717, 1.165) is 12.0 Å². The molecule has 0 aliphatic carbocycles. The van der Waals surface area contributed by atoms with Gasteiger partial charge in [0.05, 0.1) is 12.1 Å². The van der Waals surface area contributed by atoms with E-state index in [9.17, 15) is 5.11 Å². The summed E-state index contributed by atoms with van der Waals surface area (Å²) < 4.78 is 0. The molecular weight excluding hydrogens is 258 g/mol. The first-order chi connectivity index (χ1) is 9.98. The first-order valence-corrected chi connectivity index (χ1v) is 7.59. The van der Waals surface area contributed by atoms with Crippen molar-refractivity contribution in [3.63, 3.8) is 0 Å². The van der Waals surface area contributed by atoms with Gasteiger partial charge in [0.25, 0.3) is 0 Å². The molecule has 3 rings (SSSR count). The minimum Gasteiger partial charge on any atom is -0.386 e. The first kappa shape index (κ1) is 14.2. The number of hydrogen-bond donors (Lipinski definition) is 1. The third-order valence-electron chi connectivity index (χ3n) is 4.24. The molecule has 2 heteroatoms. The minimum absolute atomic E-state index is 0.0208. The summed E-state index contributed by atoms with van der Waals surface area (Å²) in [6.45, 7) is 6.62. The van der Waals surface area contributed by atoms with Crippen LogP contribution in [0.2, 0.25) is 0 Å². The van der Waals surface area contributed by atoms with Gasteiger partial charge in [-0.25, -0.2) is 0 Å². The van der Waals surface area contributed by atoms with E-state index in [-0.39, 0.29) is 11.6 Å². The summed E-state index contributed by atoms with van der Waals surface area (Å²) in [4.78, 5) is 2.38. The van der Waals surface area contributed by atoms with Gasteiger partial charge in [0, 0.05) is 11.2 Å². The molecule has 0 amide bonds. The second kappa shape index (κ2) is 5.19. The van der Waals surface area contributed by atoms with E-state index < -0.39 is 6.10 Å². The predicted molar refractivity (Wildman–Crippen MR) is 87.6 cm³/mol. The molecule has 0 spiro atoms. The number of hydrogen-bond acceptors (Lipinski definition) is 2. The number of aliphatic hydroxyl groups is 1. The van der Waals surface area contributed by atoms with Crippen molar-refractivity contribution in [1.82, 2.24) is 0 Å². The van der Waals surface area contributed by atoms with Crippen LogP contribution in [0.3, 0.4) is 0 Å². The van der Waals surface area contributed by atoms with E-state index >= 15 is 0 Å². The van der Waals surface area contributed by atoms with Crippen LogP contribution in [-0.2, 0) is 6.42 Å². The molecule has 0 saturated carbocycles. The van der Waals surface area contributed by atoms with Crippen molar-refractivity contribution in [2.75, 3.05) is 4.90 Å². The van der Waals surface area contributed by atoms with Crippen LogP contribution in [0.15, 0.2) is 54.6 Å². The molecule has 1 heterocycles. The van der Waals surface area contributed by atoms with Gasteiger partial charge in [-0.05, 0) is 44.4 Å². The van der Waals surface area contributed by atoms with Gasteiger partial charge in [0.2, 0.25) is 0 Å². The standard InChI is InChI=1S/C19H23NO/c1-19(2,3)20-16-12-8-7-11-15(16)13-17(20)18(21)14-9-5-4-6-10-14/h4-12,17-18,21H,13H2,1-3H3. The van der Waals surface area contributed by atoms with E-state index in [2.05, 4.69) is 49.9 Å². The number of fused-ring (bicyclic) bond motifs is 1. The van der Waals surface area contributed by atoms with E-state index in [1.165, 1.54) is 11.3 Å². The second-order valence-corrected chi connectivity index (χ2v) is 6.80. The van der Waals surface area contributed by atoms with E-state index in [0.29, 0.717) is 0 Å². The van der Waals surface area contributed by atoms with Gasteiger partial charge >= 0.3 is 0 Å². The molecule has 0 fully saturated rings. The van der Waals surface area contributed by atoms with Crippen LogP contribution in [0.4, 0.5) is 5.69 Å². The Bertz CT molecular complexity index is 615. The highest BCUT2D eigenvalue weighted by Gasteiger charge is 2.40. The maximum Gasteiger partial charge on any atom is 0.0996 e. The highest BCUT2D eigenvalue weighted by molar-refractivity contribution is 5.61. The molecule has 1 aliphatic heterocycles. The molecule has 1 aliphatic rings. The highest BCUT2D eigenvalue weighted by Crippen LogP contribution is 2.41. The lowest BCUT2D eigenvalue weighted by molar-refractivity contribution is 0.136. The zero-order chi connectivity index (χ0) is 15.0. The zero-order valence-electron chi connectivity index (χ0n) is 13.0. The number of aliphatic hydroxyl groups excluding tert-OH is 1. The molecule has 1 N–H and O–H groups in total. The third-order valence-corrected chi connectivity index (χ3v) is 4.24. The molecule has 0 aromatic heterocycles. The van der Waals surface area contributed by atoms with Gasteiger partial charge in [0.1, 0.15) is 0 Å². The molecule has 110 valence electrons. The van der Waals surface area contributed by atoms with Gasteiger partial charge in [-0.2, -0.15) is 0 Å². The summed E-state index contributed by atoms with van der Waals surface area (Å²) in [5.41, 5.74) is 3.55. The van der Waals surface area contributed by atoms with Gasteiger partial charge in [0.15, 0.2) is 0 Å². The Kier molecular flexibility index (Phi) is 3.50. The van der Waals surface area contributed by atoms with Crippen molar-refractivity contribution in [3.05, 3.63) is 65.7 Å². The van der Waals surface area contributed by atoms with Gasteiger partial charge < -0.3 is 10.0 Å². The normalized spacial score (nSPS) is 19.4. The maximum atomic E-state index is 10.9. The van der Waals surface area contributed by atoms with Gasteiger partial charge in [-0.1, -0.05) is 48.5 Å². The lowest BCUT2D eigenvalue weighted by Crippen LogP contribution is -2.48. The SMILES string of the molecule is CC(C)(C)N1c2ccccc2CC1C(O)c1ccccc1. The average molecular weight is 281 g/mol. The zero-order valence-corrected chi connectivity index (χ0v) is 13.0. The number of para-hydroxylation sites is 1. The van der Waals surface area contributed by atoms with Crippen molar-refractivity contribution >= 4 is 5.69 Å². The largest absolute Gasteiger partial charge is 0.386 e. The molecule has 2 aromatic rings. The van der Waals surface area contributed by atoms with E-state index in [1.54, 1.807) is 0 Å². The Morgan fingerprint density at radius 3 is 2.29 bits per heavy atom. The predicted octanol–water partition coefficient (Wildman–Crippen LogP) is 3.95. The first-order valence-electron chi connectivity index (χ1n) is 7.59.